The molecule has 0 radical (unpaired) electrons. The van der Waals surface area contributed by atoms with Crippen LogP contribution < -0.4 is 0 Å². The number of hydrogen-bond donors (Lipinski definition) is 1. The van der Waals surface area contributed by atoms with Crippen molar-refractivity contribution in [1.82, 2.24) is 0 Å². The van der Waals surface area contributed by atoms with Gasteiger partial charge in [-0.3, -0.25) is 0 Å². The monoisotopic (exact) mass is 226 g/mol. The molecular formula is C11H14O3S. The van der Waals surface area contributed by atoms with Gasteiger partial charge in [-0.1, -0.05) is 0 Å². The molecule has 0 aliphatic heterocycles. The van der Waals surface area contributed by atoms with E-state index in [0.717, 1.165) is 17.7 Å². The van der Waals surface area contributed by atoms with Crippen molar-refractivity contribution in [2.24, 2.45) is 0 Å². The van der Waals surface area contributed by atoms with E-state index < -0.39 is 12.1 Å². The molecule has 1 aliphatic carbocycles. The Kier molecular flexibility index (Phi) is 3.07. The van der Waals surface area contributed by atoms with E-state index in [2.05, 4.69) is 10.8 Å². The average molecular weight is 226 g/mol. The fourth-order valence-corrected chi connectivity index (χ4v) is 3.20. The Morgan fingerprint density at radius 3 is 3.13 bits per heavy atom. The molecule has 0 amide bonds. The molecule has 82 valence electrons. The van der Waals surface area contributed by atoms with Gasteiger partial charge in [0.25, 0.3) is 0 Å². The highest BCUT2D eigenvalue weighted by Crippen LogP contribution is 2.31. The van der Waals surface area contributed by atoms with Crippen LogP contribution in [0.15, 0.2) is 6.07 Å². The van der Waals surface area contributed by atoms with Crippen LogP contribution in [0.5, 0.6) is 0 Å². The summed E-state index contributed by atoms with van der Waals surface area (Å²) in [5.74, 6) is -0.552. The maximum Gasteiger partial charge on any atom is 0.335 e. The zero-order valence-electron chi connectivity index (χ0n) is 8.66. The molecule has 1 N–H and O–H groups in total. The number of thiophene rings is 1. The van der Waals surface area contributed by atoms with E-state index in [1.807, 2.05) is 0 Å². The maximum absolute atomic E-state index is 11.0. The van der Waals surface area contributed by atoms with Gasteiger partial charge in [-0.05, 0) is 30.9 Å². The topological polar surface area (TPSA) is 46.5 Å². The number of carbonyl (C=O) groups is 1. The predicted molar refractivity (Wildman–Crippen MR) is 58.1 cm³/mol. The van der Waals surface area contributed by atoms with Crippen molar-refractivity contribution >= 4 is 17.3 Å². The smallest absolute Gasteiger partial charge is 0.335 e. The predicted octanol–water partition coefficient (Wildman–Crippen LogP) is 1.31. The third-order valence-corrected chi connectivity index (χ3v) is 3.92. The molecule has 0 bridgehead atoms. The van der Waals surface area contributed by atoms with Gasteiger partial charge in [0.2, 0.25) is 0 Å². The summed E-state index contributed by atoms with van der Waals surface area (Å²) in [7, 11) is 1.29. The third-order valence-electron chi connectivity index (χ3n) is 2.67. The number of esters is 1. The summed E-state index contributed by atoms with van der Waals surface area (Å²) in [5, 5.41) is 9.49. The van der Waals surface area contributed by atoms with E-state index >= 15 is 0 Å². The third kappa shape index (κ3) is 2.21. The Morgan fingerprint density at radius 1 is 1.67 bits per heavy atom. The van der Waals surface area contributed by atoms with Crippen LogP contribution in [0.2, 0.25) is 0 Å². The SMILES string of the molecule is COC(=O)C(O)Cc1cc2c(s1)CCC2. The quantitative estimate of drug-likeness (QED) is 0.790. The number of methoxy groups -OCH3 is 1. The zero-order chi connectivity index (χ0) is 10.8. The molecule has 1 unspecified atom stereocenters. The fourth-order valence-electron chi connectivity index (χ4n) is 1.90. The van der Waals surface area contributed by atoms with Crippen molar-refractivity contribution in [2.45, 2.75) is 31.8 Å². The minimum atomic E-state index is -1.02. The first kappa shape index (κ1) is 10.6. The second-order valence-corrected chi connectivity index (χ2v) is 4.98. The summed E-state index contributed by atoms with van der Waals surface area (Å²) >= 11 is 1.71. The minimum absolute atomic E-state index is 0.379. The summed E-state index contributed by atoms with van der Waals surface area (Å²) in [6, 6.07) is 2.11. The number of rotatable bonds is 3. The molecule has 15 heavy (non-hydrogen) atoms. The number of ether oxygens (including phenoxy) is 1. The number of aliphatic hydroxyl groups is 1. The molecule has 1 heterocycles. The molecule has 3 nitrogen and oxygen atoms in total. The molecule has 0 saturated carbocycles. The normalized spacial score (nSPS) is 16.1. The minimum Gasteiger partial charge on any atom is -0.467 e. The summed E-state index contributed by atoms with van der Waals surface area (Å²) in [4.78, 5) is 13.5. The Hall–Kier alpha value is -0.870. The van der Waals surface area contributed by atoms with Crippen molar-refractivity contribution in [2.75, 3.05) is 7.11 Å². The largest absolute Gasteiger partial charge is 0.467 e. The van der Waals surface area contributed by atoms with E-state index in [-0.39, 0.29) is 0 Å². The molecule has 4 heteroatoms. The van der Waals surface area contributed by atoms with Crippen molar-refractivity contribution < 1.29 is 14.6 Å². The van der Waals surface area contributed by atoms with Gasteiger partial charge in [0.05, 0.1) is 7.11 Å². The van der Waals surface area contributed by atoms with Gasteiger partial charge in [0.15, 0.2) is 6.10 Å². The Balaban J connectivity index is 2.02. The van der Waals surface area contributed by atoms with Gasteiger partial charge in [-0.15, -0.1) is 11.3 Å². The number of aliphatic hydroxyl groups excluding tert-OH is 1. The lowest BCUT2D eigenvalue weighted by molar-refractivity contribution is -0.150. The number of hydrogen-bond acceptors (Lipinski definition) is 4. The standard InChI is InChI=1S/C11H14O3S/c1-14-11(13)9(12)6-8-5-7-3-2-4-10(7)15-8/h5,9,12H,2-4,6H2,1H3. The lowest BCUT2D eigenvalue weighted by atomic mass is 10.2. The maximum atomic E-state index is 11.0. The summed E-state index contributed by atoms with van der Waals surface area (Å²) < 4.78 is 4.48. The molecule has 0 aromatic carbocycles. The molecule has 0 fully saturated rings. The number of fused-ring (bicyclic) bond motifs is 1. The van der Waals surface area contributed by atoms with Crippen LogP contribution in [-0.4, -0.2) is 24.3 Å². The highest BCUT2D eigenvalue weighted by atomic mass is 32.1. The number of carbonyl (C=O) groups excluding carboxylic acids is 1. The van der Waals surface area contributed by atoms with E-state index in [1.54, 1.807) is 11.3 Å². The van der Waals surface area contributed by atoms with Crippen molar-refractivity contribution in [3.8, 4) is 0 Å². The van der Waals surface area contributed by atoms with Crippen LogP contribution in [-0.2, 0) is 28.8 Å². The Bertz CT molecular complexity index is 348. The number of aryl methyl sites for hydroxylation is 2. The van der Waals surface area contributed by atoms with Crippen LogP contribution in [0.1, 0.15) is 21.7 Å². The first-order valence-corrected chi connectivity index (χ1v) is 5.88. The molecular weight excluding hydrogens is 212 g/mol. The molecule has 1 aromatic heterocycles. The highest BCUT2D eigenvalue weighted by molar-refractivity contribution is 7.12. The first-order valence-electron chi connectivity index (χ1n) is 5.07. The molecule has 1 atom stereocenters. The summed E-state index contributed by atoms with van der Waals surface area (Å²) in [5.41, 5.74) is 1.40. The van der Waals surface area contributed by atoms with E-state index in [9.17, 15) is 9.90 Å². The fraction of sp³-hybridized carbons (Fsp3) is 0.545. The Morgan fingerprint density at radius 2 is 2.47 bits per heavy atom. The average Bonchev–Trinajstić information content (AvgIpc) is 2.76. The van der Waals surface area contributed by atoms with Crippen LogP contribution >= 0.6 is 11.3 Å². The molecule has 0 spiro atoms. The Labute approximate surface area is 92.7 Å². The van der Waals surface area contributed by atoms with Gasteiger partial charge in [-0.25, -0.2) is 4.79 Å². The summed E-state index contributed by atoms with van der Waals surface area (Å²) in [6.07, 6.45) is 2.88. The van der Waals surface area contributed by atoms with Crippen molar-refractivity contribution in [3.05, 3.63) is 21.4 Å². The second-order valence-electron chi connectivity index (χ2n) is 3.76. The van der Waals surface area contributed by atoms with Gasteiger partial charge in [0.1, 0.15) is 0 Å². The van der Waals surface area contributed by atoms with Gasteiger partial charge < -0.3 is 9.84 Å². The van der Waals surface area contributed by atoms with Crippen molar-refractivity contribution in [3.63, 3.8) is 0 Å². The second kappa shape index (κ2) is 4.33. The molecule has 1 aliphatic rings. The molecule has 1 aromatic rings. The highest BCUT2D eigenvalue weighted by Gasteiger charge is 2.20. The van der Waals surface area contributed by atoms with Gasteiger partial charge in [0, 0.05) is 16.2 Å². The van der Waals surface area contributed by atoms with Crippen LogP contribution in [0.3, 0.4) is 0 Å². The van der Waals surface area contributed by atoms with E-state index in [1.165, 1.54) is 24.0 Å². The van der Waals surface area contributed by atoms with E-state index in [4.69, 9.17) is 0 Å². The van der Waals surface area contributed by atoms with Crippen LogP contribution in [0, 0.1) is 0 Å². The first-order chi connectivity index (χ1) is 7.20. The van der Waals surface area contributed by atoms with Gasteiger partial charge >= 0.3 is 5.97 Å². The van der Waals surface area contributed by atoms with E-state index in [0.29, 0.717) is 6.42 Å². The molecule has 2 rings (SSSR count). The van der Waals surface area contributed by atoms with Crippen molar-refractivity contribution in [1.29, 1.82) is 0 Å². The van der Waals surface area contributed by atoms with Crippen LogP contribution in [0.4, 0.5) is 0 Å². The van der Waals surface area contributed by atoms with Crippen LogP contribution in [0.25, 0.3) is 0 Å². The van der Waals surface area contributed by atoms with Gasteiger partial charge in [-0.2, -0.15) is 0 Å². The summed E-state index contributed by atoms with van der Waals surface area (Å²) in [6.45, 7) is 0. The zero-order valence-corrected chi connectivity index (χ0v) is 9.47. The molecule has 0 saturated heterocycles. The lowest BCUT2D eigenvalue weighted by Crippen LogP contribution is -2.23. The lowest BCUT2D eigenvalue weighted by Gasteiger charge is -2.05.